The largest absolute Gasteiger partial charge is 0.506 e. The van der Waals surface area contributed by atoms with Crippen LogP contribution in [0.3, 0.4) is 0 Å². The summed E-state index contributed by atoms with van der Waals surface area (Å²) in [5.41, 5.74) is 1.19. The minimum absolute atomic E-state index is 0.0414. The molecule has 0 aromatic heterocycles. The van der Waals surface area contributed by atoms with Gasteiger partial charge in [-0.3, -0.25) is 0 Å². The highest BCUT2D eigenvalue weighted by Crippen LogP contribution is 2.39. The van der Waals surface area contributed by atoms with E-state index in [9.17, 15) is 5.11 Å². The Labute approximate surface area is 104 Å². The van der Waals surface area contributed by atoms with E-state index in [1.54, 1.807) is 6.07 Å². The average molecular weight is 338 g/mol. The van der Waals surface area contributed by atoms with Gasteiger partial charge in [-0.2, -0.15) is 0 Å². The van der Waals surface area contributed by atoms with Crippen molar-refractivity contribution in [1.82, 2.24) is 0 Å². The van der Waals surface area contributed by atoms with Gasteiger partial charge in [0.15, 0.2) is 0 Å². The molecular weight excluding hydrogens is 328 g/mol. The minimum Gasteiger partial charge on any atom is -0.506 e. The highest BCUT2D eigenvalue weighted by molar-refractivity contribution is 9.11. The van der Waals surface area contributed by atoms with E-state index in [4.69, 9.17) is 5.21 Å². The SMILES string of the molecule is CN(C)c1c(Br)cc(Br)c(O)c1/C=N/O. The summed E-state index contributed by atoms with van der Waals surface area (Å²) < 4.78 is 1.34. The van der Waals surface area contributed by atoms with Gasteiger partial charge in [-0.15, -0.1) is 0 Å². The van der Waals surface area contributed by atoms with Crippen molar-refractivity contribution in [1.29, 1.82) is 0 Å². The number of anilines is 1. The number of hydrogen-bond donors (Lipinski definition) is 2. The number of hydrogen-bond acceptors (Lipinski definition) is 4. The molecule has 2 N–H and O–H groups in total. The van der Waals surface area contributed by atoms with Crippen LogP contribution in [0.25, 0.3) is 0 Å². The standard InChI is InChI=1S/C9H10Br2N2O2/c1-13(2)8-5(4-12-15)9(14)7(11)3-6(8)10/h3-4,14-15H,1-2H3/b12-4+. The van der Waals surface area contributed by atoms with Gasteiger partial charge in [0.2, 0.25) is 0 Å². The van der Waals surface area contributed by atoms with Crippen molar-refractivity contribution in [2.45, 2.75) is 0 Å². The van der Waals surface area contributed by atoms with E-state index in [1.807, 2.05) is 19.0 Å². The molecule has 0 aliphatic heterocycles. The topological polar surface area (TPSA) is 56.1 Å². The van der Waals surface area contributed by atoms with Crippen molar-refractivity contribution in [2.75, 3.05) is 19.0 Å². The van der Waals surface area contributed by atoms with Crippen LogP contribution in [0.4, 0.5) is 5.69 Å². The minimum atomic E-state index is 0.0414. The Kier molecular flexibility index (Phi) is 3.98. The zero-order chi connectivity index (χ0) is 11.6. The summed E-state index contributed by atoms with van der Waals surface area (Å²) in [6.45, 7) is 0. The number of phenolic OH excluding ortho intramolecular Hbond substituents is 1. The van der Waals surface area contributed by atoms with Crippen LogP contribution in [-0.2, 0) is 0 Å². The summed E-state index contributed by atoms with van der Waals surface area (Å²) in [4.78, 5) is 1.81. The Morgan fingerprint density at radius 2 is 1.93 bits per heavy atom. The van der Waals surface area contributed by atoms with Crippen LogP contribution in [0.5, 0.6) is 5.75 Å². The molecule has 0 saturated heterocycles. The zero-order valence-electron chi connectivity index (χ0n) is 8.20. The van der Waals surface area contributed by atoms with Crippen molar-refractivity contribution in [3.63, 3.8) is 0 Å². The first-order valence-electron chi connectivity index (χ1n) is 4.04. The maximum atomic E-state index is 9.79. The summed E-state index contributed by atoms with van der Waals surface area (Å²) in [7, 11) is 3.67. The van der Waals surface area contributed by atoms with Gasteiger partial charge in [-0.1, -0.05) is 5.16 Å². The predicted octanol–water partition coefficient (Wildman–Crippen LogP) is 2.79. The Morgan fingerprint density at radius 1 is 1.33 bits per heavy atom. The van der Waals surface area contributed by atoms with Crippen LogP contribution in [0.2, 0.25) is 0 Å². The van der Waals surface area contributed by atoms with E-state index in [0.717, 1.165) is 10.2 Å². The van der Waals surface area contributed by atoms with Crippen molar-refractivity contribution in [3.05, 3.63) is 20.6 Å². The number of rotatable bonds is 2. The monoisotopic (exact) mass is 336 g/mol. The van der Waals surface area contributed by atoms with E-state index in [0.29, 0.717) is 10.0 Å². The van der Waals surface area contributed by atoms with Crippen LogP contribution in [0, 0.1) is 0 Å². The highest BCUT2D eigenvalue weighted by Gasteiger charge is 2.15. The molecule has 0 spiro atoms. The number of benzene rings is 1. The Bertz CT molecular complexity index is 406. The summed E-state index contributed by atoms with van der Waals surface area (Å²) in [5, 5.41) is 21.3. The Hall–Kier alpha value is -0.750. The van der Waals surface area contributed by atoms with Crippen molar-refractivity contribution >= 4 is 43.8 Å². The molecule has 82 valence electrons. The van der Waals surface area contributed by atoms with Gasteiger partial charge in [0, 0.05) is 18.6 Å². The molecule has 0 atom stereocenters. The summed E-state index contributed by atoms with van der Waals surface area (Å²) >= 11 is 6.58. The number of phenols is 1. The van der Waals surface area contributed by atoms with E-state index in [-0.39, 0.29) is 5.75 Å². The van der Waals surface area contributed by atoms with Crippen LogP contribution >= 0.6 is 31.9 Å². The molecule has 0 aliphatic rings. The summed E-state index contributed by atoms with van der Waals surface area (Å²) in [6, 6.07) is 1.74. The molecule has 0 bridgehead atoms. The number of aromatic hydroxyl groups is 1. The third-order valence-electron chi connectivity index (χ3n) is 1.85. The second-order valence-electron chi connectivity index (χ2n) is 3.09. The van der Waals surface area contributed by atoms with Crippen LogP contribution in [0.1, 0.15) is 5.56 Å². The fourth-order valence-corrected chi connectivity index (χ4v) is 2.80. The second kappa shape index (κ2) is 4.85. The third kappa shape index (κ3) is 2.43. The lowest BCUT2D eigenvalue weighted by molar-refractivity contribution is 0.321. The molecule has 0 saturated carbocycles. The van der Waals surface area contributed by atoms with Crippen molar-refractivity contribution in [2.24, 2.45) is 5.16 Å². The molecule has 6 heteroatoms. The van der Waals surface area contributed by atoms with Crippen LogP contribution in [0.15, 0.2) is 20.2 Å². The second-order valence-corrected chi connectivity index (χ2v) is 4.80. The first-order chi connectivity index (χ1) is 6.99. The molecule has 15 heavy (non-hydrogen) atoms. The van der Waals surface area contributed by atoms with E-state index in [2.05, 4.69) is 37.0 Å². The van der Waals surface area contributed by atoms with Crippen LogP contribution < -0.4 is 4.90 Å². The van der Waals surface area contributed by atoms with Gasteiger partial charge in [-0.05, 0) is 37.9 Å². The van der Waals surface area contributed by atoms with Gasteiger partial charge >= 0.3 is 0 Å². The lowest BCUT2D eigenvalue weighted by atomic mass is 10.1. The lowest BCUT2D eigenvalue weighted by Crippen LogP contribution is -2.12. The maximum Gasteiger partial charge on any atom is 0.140 e. The fourth-order valence-electron chi connectivity index (χ4n) is 1.25. The molecule has 0 aliphatic carbocycles. The van der Waals surface area contributed by atoms with Gasteiger partial charge in [0.25, 0.3) is 0 Å². The molecule has 4 nitrogen and oxygen atoms in total. The normalized spacial score (nSPS) is 10.9. The predicted molar refractivity (Wildman–Crippen MR) is 67.2 cm³/mol. The van der Waals surface area contributed by atoms with Crippen molar-refractivity contribution in [3.8, 4) is 5.75 Å². The molecule has 0 radical (unpaired) electrons. The number of halogens is 2. The zero-order valence-corrected chi connectivity index (χ0v) is 11.4. The quantitative estimate of drug-likeness (QED) is 0.495. The molecule has 1 aromatic carbocycles. The average Bonchev–Trinajstić information content (AvgIpc) is 2.13. The van der Waals surface area contributed by atoms with Crippen molar-refractivity contribution < 1.29 is 10.3 Å². The van der Waals surface area contributed by atoms with E-state index in [1.165, 1.54) is 6.21 Å². The highest BCUT2D eigenvalue weighted by atomic mass is 79.9. The Morgan fingerprint density at radius 3 is 2.40 bits per heavy atom. The fraction of sp³-hybridized carbons (Fsp3) is 0.222. The van der Waals surface area contributed by atoms with E-state index < -0.39 is 0 Å². The summed E-state index contributed by atoms with van der Waals surface area (Å²) in [6.07, 6.45) is 1.19. The van der Waals surface area contributed by atoms with Gasteiger partial charge in [0.05, 0.1) is 21.9 Å². The molecule has 0 heterocycles. The molecule has 1 aromatic rings. The molecule has 0 unspecified atom stereocenters. The van der Waals surface area contributed by atoms with Gasteiger partial charge in [-0.25, -0.2) is 0 Å². The van der Waals surface area contributed by atoms with E-state index >= 15 is 0 Å². The molecule has 0 fully saturated rings. The smallest absolute Gasteiger partial charge is 0.140 e. The van der Waals surface area contributed by atoms with Gasteiger partial charge < -0.3 is 15.2 Å². The van der Waals surface area contributed by atoms with Crippen LogP contribution in [-0.4, -0.2) is 30.6 Å². The first kappa shape index (κ1) is 12.3. The third-order valence-corrected chi connectivity index (χ3v) is 3.06. The van der Waals surface area contributed by atoms with Gasteiger partial charge in [0.1, 0.15) is 5.75 Å². The number of nitrogens with zero attached hydrogens (tertiary/aromatic N) is 2. The molecular formula is C9H10Br2N2O2. The summed E-state index contributed by atoms with van der Waals surface area (Å²) in [5.74, 6) is 0.0414. The first-order valence-corrected chi connectivity index (χ1v) is 5.63. The Balaban J connectivity index is 3.54. The molecule has 1 rings (SSSR count). The lowest BCUT2D eigenvalue weighted by Gasteiger charge is -2.18. The number of oxime groups is 1. The molecule has 0 amide bonds. The maximum absolute atomic E-state index is 9.79.